The molecule has 17 heavy (non-hydrogen) atoms. The van der Waals surface area contributed by atoms with Crippen LogP contribution in [0.3, 0.4) is 0 Å². The van der Waals surface area contributed by atoms with Crippen molar-refractivity contribution in [3.05, 3.63) is 30.7 Å². The van der Waals surface area contributed by atoms with Gasteiger partial charge in [-0.15, -0.1) is 11.6 Å². The third kappa shape index (κ3) is 3.17. The summed E-state index contributed by atoms with van der Waals surface area (Å²) in [6, 6.07) is 1.56. The minimum atomic E-state index is -0.470. The number of halogens is 3. The van der Waals surface area contributed by atoms with E-state index in [0.717, 1.165) is 0 Å². The molecule has 8 heteroatoms. The standard InChI is InChI=1S/C9H8Br2ClN3O2/c1-4-8(14-7(13)3-12)5(10)2-6(11)9(4)15(16)17/h2H,3H2,1H3,(H2,13,14). The first-order valence-corrected chi connectivity index (χ1v) is 6.52. The van der Waals surface area contributed by atoms with E-state index < -0.39 is 4.92 Å². The zero-order chi connectivity index (χ0) is 13.2. The fraction of sp³-hybridized carbons (Fsp3) is 0.222. The highest BCUT2D eigenvalue weighted by Gasteiger charge is 2.21. The van der Waals surface area contributed by atoms with Gasteiger partial charge in [-0.3, -0.25) is 10.1 Å². The molecule has 0 saturated heterocycles. The molecule has 0 unspecified atom stereocenters. The van der Waals surface area contributed by atoms with E-state index in [1.165, 1.54) is 0 Å². The average molecular weight is 385 g/mol. The Hall–Kier alpha value is -0.660. The summed E-state index contributed by atoms with van der Waals surface area (Å²) in [7, 11) is 0. The number of alkyl halides is 1. The lowest BCUT2D eigenvalue weighted by molar-refractivity contribution is -0.386. The molecule has 5 nitrogen and oxygen atoms in total. The molecule has 0 atom stereocenters. The van der Waals surface area contributed by atoms with Gasteiger partial charge < -0.3 is 5.73 Å². The van der Waals surface area contributed by atoms with Crippen LogP contribution < -0.4 is 5.73 Å². The lowest BCUT2D eigenvalue weighted by Gasteiger charge is -2.07. The molecule has 0 aliphatic heterocycles. The third-order valence-corrected chi connectivity index (χ3v) is 3.47. The molecule has 0 aromatic heterocycles. The van der Waals surface area contributed by atoms with Crippen LogP contribution in [0, 0.1) is 17.0 Å². The highest BCUT2D eigenvalue weighted by atomic mass is 79.9. The van der Waals surface area contributed by atoms with Gasteiger partial charge in [0, 0.05) is 4.47 Å². The van der Waals surface area contributed by atoms with Crippen molar-refractivity contribution in [1.82, 2.24) is 0 Å². The molecule has 0 saturated carbocycles. The van der Waals surface area contributed by atoms with Gasteiger partial charge in [-0.2, -0.15) is 0 Å². The number of nitrogens with two attached hydrogens (primary N) is 1. The van der Waals surface area contributed by atoms with Crippen molar-refractivity contribution in [3.8, 4) is 0 Å². The summed E-state index contributed by atoms with van der Waals surface area (Å²) in [6.45, 7) is 1.61. The average Bonchev–Trinajstić information content (AvgIpc) is 2.22. The van der Waals surface area contributed by atoms with Crippen LogP contribution in [-0.4, -0.2) is 16.6 Å². The van der Waals surface area contributed by atoms with Crippen molar-refractivity contribution >= 4 is 60.7 Å². The second-order valence-corrected chi connectivity index (χ2v) is 5.13. The van der Waals surface area contributed by atoms with Crippen LogP contribution in [0.1, 0.15) is 5.56 Å². The molecular formula is C9H8Br2ClN3O2. The predicted octanol–water partition coefficient (Wildman–Crippen LogP) is 3.66. The summed E-state index contributed by atoms with van der Waals surface area (Å²) < 4.78 is 0.996. The number of amidine groups is 1. The maximum absolute atomic E-state index is 10.9. The lowest BCUT2D eigenvalue weighted by Crippen LogP contribution is -2.12. The van der Waals surface area contributed by atoms with Gasteiger partial charge in [0.25, 0.3) is 5.69 Å². The maximum atomic E-state index is 10.9. The molecule has 0 aliphatic carbocycles. The monoisotopic (exact) mass is 383 g/mol. The molecular weight excluding hydrogens is 377 g/mol. The van der Waals surface area contributed by atoms with Gasteiger partial charge in [0.05, 0.1) is 26.5 Å². The molecule has 2 N–H and O–H groups in total. The van der Waals surface area contributed by atoms with Gasteiger partial charge in [0.15, 0.2) is 0 Å². The number of rotatable bonds is 3. The van der Waals surface area contributed by atoms with Crippen molar-refractivity contribution in [2.24, 2.45) is 10.7 Å². The van der Waals surface area contributed by atoms with Crippen molar-refractivity contribution in [2.45, 2.75) is 6.92 Å². The Bertz CT molecular complexity index is 506. The Balaban J connectivity index is 3.52. The maximum Gasteiger partial charge on any atom is 0.288 e. The first-order valence-electron chi connectivity index (χ1n) is 4.40. The Kier molecular flexibility index (Phi) is 4.91. The Labute approximate surface area is 119 Å². The van der Waals surface area contributed by atoms with E-state index in [9.17, 15) is 10.1 Å². The minimum Gasteiger partial charge on any atom is -0.386 e. The first-order chi connectivity index (χ1) is 7.88. The lowest BCUT2D eigenvalue weighted by atomic mass is 10.1. The van der Waals surface area contributed by atoms with E-state index in [4.69, 9.17) is 17.3 Å². The molecule has 0 amide bonds. The molecule has 0 heterocycles. The molecule has 1 rings (SSSR count). The van der Waals surface area contributed by atoms with E-state index in [1.54, 1.807) is 13.0 Å². The van der Waals surface area contributed by atoms with Crippen LogP contribution in [0.5, 0.6) is 0 Å². The van der Waals surface area contributed by atoms with Gasteiger partial charge >= 0.3 is 0 Å². The Morgan fingerprint density at radius 3 is 2.65 bits per heavy atom. The largest absolute Gasteiger partial charge is 0.386 e. The number of hydrogen-bond donors (Lipinski definition) is 1. The van der Waals surface area contributed by atoms with E-state index in [1.807, 2.05) is 0 Å². The zero-order valence-corrected chi connectivity index (χ0v) is 12.6. The zero-order valence-electron chi connectivity index (χ0n) is 8.71. The van der Waals surface area contributed by atoms with Crippen LogP contribution in [0.2, 0.25) is 0 Å². The van der Waals surface area contributed by atoms with Gasteiger partial charge in [0.1, 0.15) is 5.84 Å². The molecule has 0 radical (unpaired) electrons. The first kappa shape index (κ1) is 14.4. The highest BCUT2D eigenvalue weighted by molar-refractivity contribution is 9.11. The summed E-state index contributed by atoms with van der Waals surface area (Å²) in [5, 5.41) is 10.9. The number of hydrogen-bond acceptors (Lipinski definition) is 3. The van der Waals surface area contributed by atoms with Gasteiger partial charge in [-0.1, -0.05) is 0 Å². The predicted molar refractivity (Wildman–Crippen MR) is 75.2 cm³/mol. The van der Waals surface area contributed by atoms with Crippen molar-refractivity contribution < 1.29 is 4.92 Å². The second kappa shape index (κ2) is 5.79. The smallest absolute Gasteiger partial charge is 0.288 e. The summed E-state index contributed by atoms with van der Waals surface area (Å²) in [6.07, 6.45) is 0. The molecule has 92 valence electrons. The van der Waals surface area contributed by atoms with Crippen LogP contribution in [-0.2, 0) is 0 Å². The van der Waals surface area contributed by atoms with Crippen molar-refractivity contribution in [1.29, 1.82) is 0 Å². The second-order valence-electron chi connectivity index (χ2n) is 3.16. The fourth-order valence-electron chi connectivity index (χ4n) is 1.25. The van der Waals surface area contributed by atoms with Gasteiger partial charge in [-0.05, 0) is 44.8 Å². The van der Waals surface area contributed by atoms with Crippen LogP contribution in [0.25, 0.3) is 0 Å². The molecule has 0 fully saturated rings. The summed E-state index contributed by atoms with van der Waals surface area (Å²) in [5.74, 6) is 0.266. The Morgan fingerprint density at radius 1 is 1.59 bits per heavy atom. The summed E-state index contributed by atoms with van der Waals surface area (Å²) in [5.41, 5.74) is 6.33. The minimum absolute atomic E-state index is 0.0330. The van der Waals surface area contributed by atoms with Gasteiger partial charge in [-0.25, -0.2) is 4.99 Å². The SMILES string of the molecule is Cc1c(N=C(N)CCl)c(Br)cc(Br)c1[N+](=O)[O-]. The third-order valence-electron chi connectivity index (χ3n) is 1.99. The van der Waals surface area contributed by atoms with E-state index in [-0.39, 0.29) is 17.4 Å². The Morgan fingerprint density at radius 2 is 2.18 bits per heavy atom. The van der Waals surface area contributed by atoms with Gasteiger partial charge in [0.2, 0.25) is 0 Å². The number of nitro groups is 1. The van der Waals surface area contributed by atoms with E-state index in [2.05, 4.69) is 36.9 Å². The fourth-order valence-corrected chi connectivity index (χ4v) is 2.91. The van der Waals surface area contributed by atoms with Crippen molar-refractivity contribution in [2.75, 3.05) is 5.88 Å². The normalized spacial score (nSPS) is 11.6. The van der Waals surface area contributed by atoms with Crippen LogP contribution in [0.4, 0.5) is 11.4 Å². The number of nitro benzene ring substituents is 1. The highest BCUT2D eigenvalue weighted by Crippen LogP contribution is 2.40. The van der Waals surface area contributed by atoms with Crippen molar-refractivity contribution in [3.63, 3.8) is 0 Å². The molecule has 0 bridgehead atoms. The molecule has 0 aliphatic rings. The number of aliphatic imine (C=N–C) groups is 1. The summed E-state index contributed by atoms with van der Waals surface area (Å²) >= 11 is 11.9. The quantitative estimate of drug-likeness (QED) is 0.283. The summed E-state index contributed by atoms with van der Waals surface area (Å²) in [4.78, 5) is 14.5. The molecule has 0 spiro atoms. The molecule has 1 aromatic rings. The van der Waals surface area contributed by atoms with E-state index in [0.29, 0.717) is 20.2 Å². The van der Waals surface area contributed by atoms with Crippen LogP contribution >= 0.6 is 43.5 Å². The van der Waals surface area contributed by atoms with Crippen LogP contribution in [0.15, 0.2) is 20.0 Å². The number of benzene rings is 1. The topological polar surface area (TPSA) is 81.5 Å². The number of nitrogens with zero attached hydrogens (tertiary/aromatic N) is 2. The van der Waals surface area contributed by atoms with E-state index >= 15 is 0 Å². The molecule has 1 aromatic carbocycles.